The Balaban J connectivity index is 1.71. The molecule has 112 valence electrons. The Morgan fingerprint density at radius 1 is 1.38 bits per heavy atom. The molecular formula is C14H19N5O2. The van der Waals surface area contributed by atoms with Gasteiger partial charge in [-0.15, -0.1) is 0 Å². The van der Waals surface area contributed by atoms with Gasteiger partial charge in [-0.25, -0.2) is 0 Å². The molecule has 0 aromatic carbocycles. The van der Waals surface area contributed by atoms with Gasteiger partial charge in [0.2, 0.25) is 5.88 Å². The smallest absolute Gasteiger partial charge is 0.234 e. The van der Waals surface area contributed by atoms with Crippen molar-refractivity contribution in [3.63, 3.8) is 0 Å². The topological polar surface area (TPSA) is 76.3 Å². The number of anilines is 1. The Morgan fingerprint density at radius 3 is 3.14 bits per heavy atom. The first kappa shape index (κ1) is 13.8. The number of hydrogen-bond acceptors (Lipinski definition) is 6. The second-order valence-electron chi connectivity index (χ2n) is 5.02. The maximum atomic E-state index is 8.79. The summed E-state index contributed by atoms with van der Waals surface area (Å²) in [4.78, 5) is 10.8. The lowest BCUT2D eigenvalue weighted by atomic mass is 10.1. The molecule has 0 bridgehead atoms. The van der Waals surface area contributed by atoms with Crippen LogP contribution in [-0.2, 0) is 0 Å². The van der Waals surface area contributed by atoms with Crippen molar-refractivity contribution in [2.24, 2.45) is 0 Å². The minimum atomic E-state index is -0.0308. The van der Waals surface area contributed by atoms with E-state index >= 15 is 0 Å². The van der Waals surface area contributed by atoms with Crippen molar-refractivity contribution < 1.29 is 9.84 Å². The molecule has 3 heterocycles. The van der Waals surface area contributed by atoms with Crippen LogP contribution in [0.25, 0.3) is 0 Å². The quantitative estimate of drug-likeness (QED) is 0.881. The van der Waals surface area contributed by atoms with E-state index in [1.807, 2.05) is 23.1 Å². The molecule has 0 saturated carbocycles. The van der Waals surface area contributed by atoms with Gasteiger partial charge < -0.3 is 14.7 Å². The summed E-state index contributed by atoms with van der Waals surface area (Å²) in [7, 11) is 0. The van der Waals surface area contributed by atoms with Crippen LogP contribution in [0, 0.1) is 0 Å². The lowest BCUT2D eigenvalue weighted by molar-refractivity contribution is 0.196. The van der Waals surface area contributed by atoms with Gasteiger partial charge in [-0.2, -0.15) is 10.1 Å². The molecule has 1 N–H and O–H groups in total. The fraction of sp³-hybridized carbons (Fsp3) is 0.500. The van der Waals surface area contributed by atoms with Crippen LogP contribution in [0.4, 0.5) is 5.82 Å². The second-order valence-corrected chi connectivity index (χ2v) is 5.02. The summed E-state index contributed by atoms with van der Waals surface area (Å²) in [6.45, 7) is 2.01. The predicted octanol–water partition coefficient (Wildman–Crippen LogP) is 0.886. The summed E-state index contributed by atoms with van der Waals surface area (Å²) in [6, 6.07) is 2.31. The number of aliphatic hydroxyl groups excluding tert-OH is 1. The maximum Gasteiger partial charge on any atom is 0.234 e. The first-order valence-corrected chi connectivity index (χ1v) is 7.16. The first-order chi connectivity index (χ1) is 10.4. The van der Waals surface area contributed by atoms with Crippen molar-refractivity contribution in [3.8, 4) is 5.88 Å². The van der Waals surface area contributed by atoms with E-state index in [1.54, 1.807) is 12.4 Å². The molecule has 7 heteroatoms. The van der Waals surface area contributed by atoms with Gasteiger partial charge in [-0.3, -0.25) is 9.67 Å². The van der Waals surface area contributed by atoms with Crippen molar-refractivity contribution >= 4 is 5.82 Å². The van der Waals surface area contributed by atoms with Gasteiger partial charge in [-0.05, 0) is 18.9 Å². The molecule has 1 aliphatic heterocycles. The lowest BCUT2D eigenvalue weighted by Crippen LogP contribution is -2.37. The van der Waals surface area contributed by atoms with Crippen molar-refractivity contribution in [2.45, 2.75) is 18.9 Å². The highest BCUT2D eigenvalue weighted by Crippen LogP contribution is 2.25. The highest BCUT2D eigenvalue weighted by molar-refractivity contribution is 5.38. The van der Waals surface area contributed by atoms with Gasteiger partial charge in [0.15, 0.2) is 5.82 Å². The maximum absolute atomic E-state index is 8.79. The normalized spacial score (nSPS) is 18.7. The zero-order valence-corrected chi connectivity index (χ0v) is 11.8. The third kappa shape index (κ3) is 3.30. The predicted molar refractivity (Wildman–Crippen MR) is 77.3 cm³/mol. The Kier molecular flexibility index (Phi) is 4.30. The van der Waals surface area contributed by atoms with E-state index in [2.05, 4.69) is 20.0 Å². The zero-order valence-electron chi connectivity index (χ0n) is 11.8. The van der Waals surface area contributed by atoms with Crippen LogP contribution in [0.3, 0.4) is 0 Å². The monoisotopic (exact) mass is 289 g/mol. The number of hydrogen-bond donors (Lipinski definition) is 1. The molecule has 1 saturated heterocycles. The molecule has 7 nitrogen and oxygen atoms in total. The number of ether oxygens (including phenoxy) is 1. The highest BCUT2D eigenvalue weighted by atomic mass is 16.5. The minimum absolute atomic E-state index is 0.0308. The zero-order chi connectivity index (χ0) is 14.5. The number of aliphatic hydroxyl groups is 1. The molecule has 0 amide bonds. The Hall–Kier alpha value is -2.15. The molecule has 0 radical (unpaired) electrons. The summed E-state index contributed by atoms with van der Waals surface area (Å²) >= 11 is 0. The van der Waals surface area contributed by atoms with Crippen LogP contribution in [0.2, 0.25) is 0 Å². The number of piperidine rings is 1. The fourth-order valence-corrected chi connectivity index (χ4v) is 2.59. The Morgan fingerprint density at radius 2 is 2.33 bits per heavy atom. The molecule has 2 aromatic heterocycles. The summed E-state index contributed by atoms with van der Waals surface area (Å²) in [5.74, 6) is 1.25. The van der Waals surface area contributed by atoms with Crippen LogP contribution in [0.5, 0.6) is 5.88 Å². The fourth-order valence-electron chi connectivity index (χ4n) is 2.59. The van der Waals surface area contributed by atoms with Crippen molar-refractivity contribution in [2.75, 3.05) is 31.2 Å². The minimum Gasteiger partial charge on any atom is -0.474 e. The summed E-state index contributed by atoms with van der Waals surface area (Å²) in [5.41, 5.74) is 0. The molecule has 21 heavy (non-hydrogen) atoms. The number of aromatic nitrogens is 4. The summed E-state index contributed by atoms with van der Waals surface area (Å²) in [6.07, 6.45) is 9.33. The molecular weight excluding hydrogens is 270 g/mol. The van der Waals surface area contributed by atoms with E-state index in [0.717, 1.165) is 31.7 Å². The third-order valence-electron chi connectivity index (χ3n) is 3.56. The summed E-state index contributed by atoms with van der Waals surface area (Å²) in [5, 5.41) is 13.1. The third-order valence-corrected chi connectivity index (χ3v) is 3.56. The van der Waals surface area contributed by atoms with Crippen LogP contribution in [-0.4, -0.2) is 51.2 Å². The van der Waals surface area contributed by atoms with E-state index < -0.39 is 0 Å². The molecule has 3 rings (SSSR count). The SMILES string of the molecule is OCCOc1cncc(N2CCCC(n3cccn3)C2)n1. The van der Waals surface area contributed by atoms with E-state index in [9.17, 15) is 0 Å². The van der Waals surface area contributed by atoms with Crippen molar-refractivity contribution in [3.05, 3.63) is 30.9 Å². The van der Waals surface area contributed by atoms with Gasteiger partial charge in [0, 0.05) is 25.5 Å². The van der Waals surface area contributed by atoms with E-state index in [1.165, 1.54) is 0 Å². The molecule has 1 aliphatic rings. The molecule has 1 unspecified atom stereocenters. The van der Waals surface area contributed by atoms with Gasteiger partial charge in [0.1, 0.15) is 6.61 Å². The molecule has 0 aliphatic carbocycles. The van der Waals surface area contributed by atoms with Gasteiger partial charge >= 0.3 is 0 Å². The van der Waals surface area contributed by atoms with Crippen LogP contribution >= 0.6 is 0 Å². The van der Waals surface area contributed by atoms with Gasteiger partial charge in [0.05, 0.1) is 25.0 Å². The van der Waals surface area contributed by atoms with Gasteiger partial charge in [-0.1, -0.05) is 0 Å². The Bertz CT molecular complexity index is 560. The van der Waals surface area contributed by atoms with Crippen LogP contribution in [0.1, 0.15) is 18.9 Å². The largest absolute Gasteiger partial charge is 0.474 e. The van der Waals surface area contributed by atoms with Gasteiger partial charge in [0.25, 0.3) is 0 Å². The van der Waals surface area contributed by atoms with Crippen molar-refractivity contribution in [1.82, 2.24) is 19.7 Å². The van der Waals surface area contributed by atoms with Crippen molar-refractivity contribution in [1.29, 1.82) is 0 Å². The average molecular weight is 289 g/mol. The lowest BCUT2D eigenvalue weighted by Gasteiger charge is -2.33. The number of nitrogens with zero attached hydrogens (tertiary/aromatic N) is 5. The standard InChI is InChI=1S/C14H19N5O2/c20-7-8-21-14-10-15-9-13(17-14)18-5-1-3-12(11-18)19-6-2-4-16-19/h2,4,6,9-10,12,20H,1,3,5,7-8,11H2. The summed E-state index contributed by atoms with van der Waals surface area (Å²) < 4.78 is 7.32. The van der Waals surface area contributed by atoms with Crippen LogP contribution in [0.15, 0.2) is 30.9 Å². The average Bonchev–Trinajstić information content (AvgIpc) is 3.08. The Labute approximate surface area is 123 Å². The highest BCUT2D eigenvalue weighted by Gasteiger charge is 2.22. The molecule has 1 fully saturated rings. The van der Waals surface area contributed by atoms with Crippen LogP contribution < -0.4 is 9.64 Å². The van der Waals surface area contributed by atoms with E-state index in [0.29, 0.717) is 11.9 Å². The molecule has 0 spiro atoms. The second kappa shape index (κ2) is 6.53. The first-order valence-electron chi connectivity index (χ1n) is 7.16. The molecule has 1 atom stereocenters. The van der Waals surface area contributed by atoms with E-state index in [4.69, 9.17) is 9.84 Å². The number of rotatable bonds is 5. The molecule has 2 aromatic rings. The van der Waals surface area contributed by atoms with E-state index in [-0.39, 0.29) is 13.2 Å².